The van der Waals surface area contributed by atoms with Crippen molar-refractivity contribution in [1.82, 2.24) is 20.4 Å². The Labute approximate surface area is 147 Å². The summed E-state index contributed by atoms with van der Waals surface area (Å²) >= 11 is 0. The lowest BCUT2D eigenvalue weighted by atomic mass is 10.1. The van der Waals surface area contributed by atoms with Crippen molar-refractivity contribution >= 4 is 29.9 Å². The van der Waals surface area contributed by atoms with Gasteiger partial charge in [0.1, 0.15) is 5.82 Å². The van der Waals surface area contributed by atoms with Gasteiger partial charge in [-0.25, -0.2) is 4.39 Å². The lowest BCUT2D eigenvalue weighted by Crippen LogP contribution is -2.38. The Kier molecular flexibility index (Phi) is 7.86. The van der Waals surface area contributed by atoms with E-state index in [1.165, 1.54) is 0 Å². The molecule has 0 atom stereocenters. The molecule has 0 aliphatic rings. The lowest BCUT2D eigenvalue weighted by Gasteiger charge is -2.12. The van der Waals surface area contributed by atoms with Crippen LogP contribution < -0.4 is 10.6 Å². The quantitative estimate of drug-likeness (QED) is 0.446. The first kappa shape index (κ1) is 18.4. The lowest BCUT2D eigenvalue weighted by molar-refractivity contribution is 0.597. The average Bonchev–Trinajstić information content (AvgIpc) is 2.99. The van der Waals surface area contributed by atoms with Gasteiger partial charge < -0.3 is 10.6 Å². The topological polar surface area (TPSA) is 54.2 Å². The number of aliphatic imine (C=N–C) groups is 1. The van der Waals surface area contributed by atoms with Crippen LogP contribution in [0.4, 0.5) is 4.39 Å². The molecule has 2 aromatic rings. The molecule has 22 heavy (non-hydrogen) atoms. The van der Waals surface area contributed by atoms with Crippen LogP contribution >= 0.6 is 24.0 Å². The number of nitrogens with one attached hydrogen (secondary N) is 2. The molecule has 0 unspecified atom stereocenters. The maximum atomic E-state index is 13.5. The van der Waals surface area contributed by atoms with Crippen LogP contribution in [0.25, 0.3) is 0 Å². The third kappa shape index (κ3) is 5.63. The first-order valence-corrected chi connectivity index (χ1v) is 6.86. The Hall–Kier alpha value is -1.64. The molecule has 5 nitrogen and oxygen atoms in total. The van der Waals surface area contributed by atoms with E-state index in [0.717, 1.165) is 12.1 Å². The normalized spacial score (nSPS) is 11.0. The van der Waals surface area contributed by atoms with E-state index in [0.29, 0.717) is 24.6 Å². The SMILES string of the molecule is CN=C(NCCn1cccn1)NCc1ccc(C)c(F)c1.I. The maximum Gasteiger partial charge on any atom is 0.191 e. The number of halogens is 2. The van der Waals surface area contributed by atoms with Crippen LogP contribution in [0.2, 0.25) is 0 Å². The maximum absolute atomic E-state index is 13.5. The smallest absolute Gasteiger partial charge is 0.191 e. The van der Waals surface area contributed by atoms with Gasteiger partial charge in [-0.05, 0) is 30.2 Å². The Morgan fingerprint density at radius 3 is 2.82 bits per heavy atom. The second-order valence-corrected chi connectivity index (χ2v) is 4.71. The second-order valence-electron chi connectivity index (χ2n) is 4.71. The van der Waals surface area contributed by atoms with Gasteiger partial charge in [0.25, 0.3) is 0 Å². The Balaban J connectivity index is 0.00000242. The number of aryl methyl sites for hydroxylation is 1. The van der Waals surface area contributed by atoms with Gasteiger partial charge in [0.2, 0.25) is 0 Å². The molecule has 0 radical (unpaired) electrons. The van der Waals surface area contributed by atoms with Gasteiger partial charge in [-0.1, -0.05) is 12.1 Å². The van der Waals surface area contributed by atoms with Gasteiger partial charge in [-0.2, -0.15) is 5.10 Å². The van der Waals surface area contributed by atoms with Gasteiger partial charge in [-0.3, -0.25) is 9.67 Å². The monoisotopic (exact) mass is 417 g/mol. The molecule has 1 aromatic heterocycles. The van der Waals surface area contributed by atoms with Crippen LogP contribution in [0.1, 0.15) is 11.1 Å². The molecule has 0 fully saturated rings. The summed E-state index contributed by atoms with van der Waals surface area (Å²) in [5, 5.41) is 10.5. The summed E-state index contributed by atoms with van der Waals surface area (Å²) in [4.78, 5) is 4.13. The van der Waals surface area contributed by atoms with E-state index in [-0.39, 0.29) is 29.8 Å². The molecule has 2 N–H and O–H groups in total. The van der Waals surface area contributed by atoms with Crippen LogP contribution in [0.3, 0.4) is 0 Å². The van der Waals surface area contributed by atoms with Gasteiger partial charge >= 0.3 is 0 Å². The molecule has 120 valence electrons. The number of rotatable bonds is 5. The van der Waals surface area contributed by atoms with Crippen LogP contribution in [0, 0.1) is 12.7 Å². The van der Waals surface area contributed by atoms with Gasteiger partial charge in [-0.15, -0.1) is 24.0 Å². The molecule has 0 aliphatic carbocycles. The molecule has 7 heteroatoms. The van der Waals surface area contributed by atoms with Crippen molar-refractivity contribution in [2.45, 2.75) is 20.0 Å². The third-order valence-corrected chi connectivity index (χ3v) is 3.11. The Bertz CT molecular complexity index is 598. The largest absolute Gasteiger partial charge is 0.355 e. The van der Waals surface area contributed by atoms with Crippen molar-refractivity contribution in [3.05, 3.63) is 53.6 Å². The molecule has 0 spiro atoms. The summed E-state index contributed by atoms with van der Waals surface area (Å²) in [6, 6.07) is 7.11. The van der Waals surface area contributed by atoms with E-state index in [1.54, 1.807) is 32.3 Å². The highest BCUT2D eigenvalue weighted by Crippen LogP contribution is 2.08. The first-order chi connectivity index (χ1) is 10.2. The minimum absolute atomic E-state index is 0. The molecule has 2 rings (SSSR count). The van der Waals surface area contributed by atoms with E-state index in [4.69, 9.17) is 0 Å². The Morgan fingerprint density at radius 1 is 1.36 bits per heavy atom. The fourth-order valence-corrected chi connectivity index (χ4v) is 1.87. The van der Waals surface area contributed by atoms with Crippen molar-refractivity contribution in [1.29, 1.82) is 0 Å². The standard InChI is InChI=1S/C15H20FN5.HI/c1-12-4-5-13(10-14(12)16)11-19-15(17-2)18-7-9-21-8-3-6-20-21;/h3-6,8,10H,7,9,11H2,1-2H3,(H2,17,18,19);1H. The van der Waals surface area contributed by atoms with Gasteiger partial charge in [0.05, 0.1) is 6.54 Å². The first-order valence-electron chi connectivity index (χ1n) is 6.86. The third-order valence-electron chi connectivity index (χ3n) is 3.11. The van der Waals surface area contributed by atoms with E-state index in [9.17, 15) is 4.39 Å². The number of nitrogens with zero attached hydrogens (tertiary/aromatic N) is 3. The van der Waals surface area contributed by atoms with Gasteiger partial charge in [0.15, 0.2) is 5.96 Å². The van der Waals surface area contributed by atoms with E-state index in [2.05, 4.69) is 20.7 Å². The second kappa shape index (κ2) is 9.39. The summed E-state index contributed by atoms with van der Waals surface area (Å²) in [6.45, 7) is 3.75. The predicted molar refractivity (Wildman–Crippen MR) is 97.0 cm³/mol. The van der Waals surface area contributed by atoms with Crippen LogP contribution in [-0.4, -0.2) is 29.3 Å². The van der Waals surface area contributed by atoms with Crippen LogP contribution in [-0.2, 0) is 13.1 Å². The van der Waals surface area contributed by atoms with Gasteiger partial charge in [0, 0.05) is 32.5 Å². The Morgan fingerprint density at radius 2 is 2.18 bits per heavy atom. The predicted octanol–water partition coefficient (Wildman–Crippen LogP) is 2.31. The number of guanidine groups is 1. The van der Waals surface area contributed by atoms with Crippen LogP contribution in [0.5, 0.6) is 0 Å². The summed E-state index contributed by atoms with van der Waals surface area (Å²) in [7, 11) is 1.71. The van der Waals surface area contributed by atoms with Crippen molar-refractivity contribution in [3.8, 4) is 0 Å². The molecule has 0 bridgehead atoms. The van der Waals surface area contributed by atoms with E-state index >= 15 is 0 Å². The molecule has 1 aromatic carbocycles. The van der Waals surface area contributed by atoms with E-state index < -0.39 is 0 Å². The molecular formula is C15H21FIN5. The molecule has 0 saturated carbocycles. The number of hydrogen-bond donors (Lipinski definition) is 2. The van der Waals surface area contributed by atoms with Crippen LogP contribution in [0.15, 0.2) is 41.7 Å². The summed E-state index contributed by atoms with van der Waals surface area (Å²) in [5.74, 6) is 0.499. The fraction of sp³-hybridized carbons (Fsp3) is 0.333. The van der Waals surface area contributed by atoms with E-state index in [1.807, 2.05) is 23.0 Å². The van der Waals surface area contributed by atoms with Crippen molar-refractivity contribution in [3.63, 3.8) is 0 Å². The zero-order chi connectivity index (χ0) is 15.1. The average molecular weight is 417 g/mol. The number of benzene rings is 1. The zero-order valence-electron chi connectivity index (χ0n) is 12.7. The van der Waals surface area contributed by atoms with Crippen molar-refractivity contribution in [2.75, 3.05) is 13.6 Å². The van der Waals surface area contributed by atoms with Crippen molar-refractivity contribution in [2.24, 2.45) is 4.99 Å². The fourth-order valence-electron chi connectivity index (χ4n) is 1.87. The highest BCUT2D eigenvalue weighted by atomic mass is 127. The summed E-state index contributed by atoms with van der Waals surface area (Å²) in [6.07, 6.45) is 3.66. The highest BCUT2D eigenvalue weighted by Gasteiger charge is 2.01. The minimum Gasteiger partial charge on any atom is -0.355 e. The zero-order valence-corrected chi connectivity index (χ0v) is 15.0. The molecule has 0 saturated heterocycles. The minimum atomic E-state index is -0.184. The summed E-state index contributed by atoms with van der Waals surface area (Å²) < 4.78 is 15.3. The number of hydrogen-bond acceptors (Lipinski definition) is 2. The molecule has 0 amide bonds. The van der Waals surface area contributed by atoms with Crippen molar-refractivity contribution < 1.29 is 4.39 Å². The summed E-state index contributed by atoms with van der Waals surface area (Å²) in [5.41, 5.74) is 1.54. The molecule has 0 aliphatic heterocycles. The molecular weight excluding hydrogens is 396 g/mol. The highest BCUT2D eigenvalue weighted by molar-refractivity contribution is 14.0. The molecule has 1 heterocycles. The number of aromatic nitrogens is 2.